The molecule has 2 aromatic rings. The Morgan fingerprint density at radius 1 is 1.14 bits per heavy atom. The van der Waals surface area contributed by atoms with Crippen LogP contribution >= 0.6 is 11.3 Å². The molecule has 0 atom stereocenters. The van der Waals surface area contributed by atoms with Crippen molar-refractivity contribution in [1.29, 1.82) is 0 Å². The summed E-state index contributed by atoms with van der Waals surface area (Å²) in [6, 6.07) is 12.0. The van der Waals surface area contributed by atoms with Crippen LogP contribution in [-0.4, -0.2) is 18.0 Å². The first kappa shape index (κ1) is 15.7. The van der Waals surface area contributed by atoms with Gasteiger partial charge >= 0.3 is 0 Å². The molecule has 3 nitrogen and oxygen atoms in total. The van der Waals surface area contributed by atoms with Crippen LogP contribution in [0.15, 0.2) is 41.8 Å². The van der Waals surface area contributed by atoms with E-state index in [1.165, 1.54) is 4.88 Å². The average molecular weight is 302 g/mol. The standard InChI is InChI=1S/C17H22N2OS/c1-17(2,3)18-11-10-16(20)19-14-8-5-4-7-13(14)15-9-6-12-21-15/h4-9,12,18H,10-11H2,1-3H3,(H,19,20). The van der Waals surface area contributed by atoms with Gasteiger partial charge in [-0.05, 0) is 38.3 Å². The third kappa shape index (κ3) is 4.99. The summed E-state index contributed by atoms with van der Waals surface area (Å²) in [5.41, 5.74) is 1.99. The lowest BCUT2D eigenvalue weighted by Gasteiger charge is -2.20. The predicted octanol–water partition coefficient (Wildman–Crippen LogP) is 4.13. The molecule has 2 rings (SSSR count). The maximum Gasteiger partial charge on any atom is 0.225 e. The van der Waals surface area contributed by atoms with E-state index < -0.39 is 0 Å². The molecule has 0 saturated heterocycles. The number of benzene rings is 1. The maximum absolute atomic E-state index is 12.1. The third-order valence-electron chi connectivity index (χ3n) is 3.00. The minimum atomic E-state index is 0.0369. The molecule has 2 N–H and O–H groups in total. The van der Waals surface area contributed by atoms with Crippen LogP contribution in [0.3, 0.4) is 0 Å². The van der Waals surface area contributed by atoms with Crippen molar-refractivity contribution >= 4 is 22.9 Å². The number of rotatable bonds is 5. The highest BCUT2D eigenvalue weighted by Gasteiger charge is 2.11. The fraction of sp³-hybridized carbons (Fsp3) is 0.353. The van der Waals surface area contributed by atoms with E-state index in [2.05, 4.69) is 37.5 Å². The lowest BCUT2D eigenvalue weighted by molar-refractivity contribution is -0.116. The first-order valence-corrected chi connectivity index (χ1v) is 8.01. The number of carbonyl (C=O) groups excluding carboxylic acids is 1. The Morgan fingerprint density at radius 2 is 1.90 bits per heavy atom. The number of amides is 1. The van der Waals surface area contributed by atoms with E-state index in [1.54, 1.807) is 11.3 Å². The van der Waals surface area contributed by atoms with Crippen LogP contribution in [0.25, 0.3) is 10.4 Å². The average Bonchev–Trinajstić information content (AvgIpc) is 2.91. The molecule has 1 aromatic carbocycles. The molecule has 0 spiro atoms. The SMILES string of the molecule is CC(C)(C)NCCC(=O)Nc1ccccc1-c1cccs1. The van der Waals surface area contributed by atoms with E-state index in [0.717, 1.165) is 11.3 Å². The van der Waals surface area contributed by atoms with Crippen molar-refractivity contribution in [2.75, 3.05) is 11.9 Å². The first-order chi connectivity index (χ1) is 9.96. The largest absolute Gasteiger partial charge is 0.325 e. The highest BCUT2D eigenvalue weighted by atomic mass is 32.1. The molecule has 0 saturated carbocycles. The number of carbonyl (C=O) groups is 1. The van der Waals surface area contributed by atoms with Gasteiger partial charge in [-0.1, -0.05) is 24.3 Å². The topological polar surface area (TPSA) is 41.1 Å². The zero-order valence-corrected chi connectivity index (χ0v) is 13.6. The van der Waals surface area contributed by atoms with Crippen LogP contribution in [0, 0.1) is 0 Å². The van der Waals surface area contributed by atoms with Gasteiger partial charge in [0.1, 0.15) is 0 Å². The van der Waals surface area contributed by atoms with Crippen molar-refractivity contribution in [3.8, 4) is 10.4 Å². The summed E-state index contributed by atoms with van der Waals surface area (Å²) >= 11 is 1.67. The molecule has 112 valence electrons. The van der Waals surface area contributed by atoms with Gasteiger partial charge < -0.3 is 10.6 Å². The van der Waals surface area contributed by atoms with Gasteiger partial charge in [0, 0.05) is 34.6 Å². The van der Waals surface area contributed by atoms with E-state index in [9.17, 15) is 4.79 Å². The van der Waals surface area contributed by atoms with Gasteiger partial charge in [-0.3, -0.25) is 4.79 Å². The van der Waals surface area contributed by atoms with Crippen LogP contribution in [0.1, 0.15) is 27.2 Å². The van der Waals surface area contributed by atoms with Crippen molar-refractivity contribution < 1.29 is 4.79 Å². The fourth-order valence-electron chi connectivity index (χ4n) is 2.00. The van der Waals surface area contributed by atoms with Gasteiger partial charge in [0.2, 0.25) is 5.91 Å². The highest BCUT2D eigenvalue weighted by molar-refractivity contribution is 7.13. The summed E-state index contributed by atoms with van der Waals surface area (Å²) in [5, 5.41) is 8.38. The molecule has 4 heteroatoms. The minimum Gasteiger partial charge on any atom is -0.325 e. The molecule has 1 aromatic heterocycles. The molecule has 0 aliphatic rings. The molecule has 21 heavy (non-hydrogen) atoms. The van der Waals surface area contributed by atoms with Crippen molar-refractivity contribution in [1.82, 2.24) is 5.32 Å². The zero-order chi connectivity index (χ0) is 15.3. The van der Waals surface area contributed by atoms with E-state index >= 15 is 0 Å². The second kappa shape index (κ2) is 6.87. The summed E-state index contributed by atoms with van der Waals surface area (Å²) < 4.78 is 0. The first-order valence-electron chi connectivity index (χ1n) is 7.13. The van der Waals surface area contributed by atoms with Gasteiger partial charge in [0.25, 0.3) is 0 Å². The Morgan fingerprint density at radius 3 is 2.57 bits per heavy atom. The quantitative estimate of drug-likeness (QED) is 0.872. The van der Waals surface area contributed by atoms with E-state index in [-0.39, 0.29) is 11.4 Å². The molecule has 0 unspecified atom stereocenters. The Bertz CT molecular complexity index is 585. The van der Waals surface area contributed by atoms with Crippen molar-refractivity contribution in [2.45, 2.75) is 32.7 Å². The van der Waals surface area contributed by atoms with Gasteiger partial charge in [0.15, 0.2) is 0 Å². The Balaban J connectivity index is 1.99. The van der Waals surface area contributed by atoms with Crippen molar-refractivity contribution in [3.05, 3.63) is 41.8 Å². The molecule has 1 amide bonds. The van der Waals surface area contributed by atoms with E-state index in [0.29, 0.717) is 13.0 Å². The Hall–Kier alpha value is -1.65. The number of nitrogens with one attached hydrogen (secondary N) is 2. The van der Waals surface area contributed by atoms with E-state index in [1.807, 2.05) is 35.7 Å². The zero-order valence-electron chi connectivity index (χ0n) is 12.8. The third-order valence-corrected chi connectivity index (χ3v) is 3.90. The number of para-hydroxylation sites is 1. The van der Waals surface area contributed by atoms with Crippen molar-refractivity contribution in [2.24, 2.45) is 0 Å². The lowest BCUT2D eigenvalue weighted by atomic mass is 10.1. The minimum absolute atomic E-state index is 0.0369. The second-order valence-corrected chi connectivity index (χ2v) is 6.95. The molecule has 1 heterocycles. The number of anilines is 1. The van der Waals surface area contributed by atoms with Gasteiger partial charge in [-0.15, -0.1) is 11.3 Å². The van der Waals surface area contributed by atoms with Crippen LogP contribution < -0.4 is 10.6 Å². The smallest absolute Gasteiger partial charge is 0.225 e. The maximum atomic E-state index is 12.1. The number of thiophene rings is 1. The van der Waals surface area contributed by atoms with Gasteiger partial charge in [0.05, 0.1) is 0 Å². The number of hydrogen-bond donors (Lipinski definition) is 2. The summed E-state index contributed by atoms with van der Waals surface area (Å²) in [5.74, 6) is 0.0377. The summed E-state index contributed by atoms with van der Waals surface area (Å²) in [4.78, 5) is 13.2. The normalized spacial score (nSPS) is 11.4. The molecule has 0 fully saturated rings. The van der Waals surface area contributed by atoms with Gasteiger partial charge in [-0.2, -0.15) is 0 Å². The van der Waals surface area contributed by atoms with E-state index in [4.69, 9.17) is 0 Å². The molecular weight excluding hydrogens is 280 g/mol. The fourth-order valence-corrected chi connectivity index (χ4v) is 2.77. The Labute approximate surface area is 130 Å². The second-order valence-electron chi connectivity index (χ2n) is 6.00. The molecular formula is C17H22N2OS. The molecule has 0 bridgehead atoms. The number of hydrogen-bond acceptors (Lipinski definition) is 3. The highest BCUT2D eigenvalue weighted by Crippen LogP contribution is 2.31. The summed E-state index contributed by atoms with van der Waals surface area (Å²) in [6.07, 6.45) is 0.468. The van der Waals surface area contributed by atoms with Crippen LogP contribution in [-0.2, 0) is 4.79 Å². The van der Waals surface area contributed by atoms with Crippen LogP contribution in [0.2, 0.25) is 0 Å². The summed E-state index contributed by atoms with van der Waals surface area (Å²) in [7, 11) is 0. The predicted molar refractivity (Wildman–Crippen MR) is 90.8 cm³/mol. The molecule has 0 radical (unpaired) electrons. The molecule has 0 aliphatic heterocycles. The monoisotopic (exact) mass is 302 g/mol. The van der Waals surface area contributed by atoms with Crippen LogP contribution in [0.4, 0.5) is 5.69 Å². The lowest BCUT2D eigenvalue weighted by Crippen LogP contribution is -2.37. The van der Waals surface area contributed by atoms with Gasteiger partial charge in [-0.25, -0.2) is 0 Å². The Kier molecular flexibility index (Phi) is 5.15. The summed E-state index contributed by atoms with van der Waals surface area (Å²) in [6.45, 7) is 6.96. The molecule has 0 aliphatic carbocycles. The van der Waals surface area contributed by atoms with Crippen LogP contribution in [0.5, 0.6) is 0 Å². The van der Waals surface area contributed by atoms with Crippen molar-refractivity contribution in [3.63, 3.8) is 0 Å².